The highest BCUT2D eigenvalue weighted by Gasteiger charge is 2.12. The lowest BCUT2D eigenvalue weighted by Crippen LogP contribution is -2.17. The number of hydrogen-bond donors (Lipinski definition) is 2. The minimum Gasteiger partial charge on any atom is -0.481 e. The fourth-order valence-electron chi connectivity index (χ4n) is 1.65. The fourth-order valence-corrected chi connectivity index (χ4v) is 1.65. The Morgan fingerprint density at radius 3 is 2.62 bits per heavy atom. The number of aromatic nitrogens is 1. The molecule has 16 heavy (non-hydrogen) atoms. The molecule has 0 aliphatic rings. The number of hydrogen-bond acceptors (Lipinski definition) is 3. The van der Waals surface area contributed by atoms with Crippen LogP contribution in [0.25, 0.3) is 0 Å². The van der Waals surface area contributed by atoms with Crippen molar-refractivity contribution in [3.63, 3.8) is 0 Å². The summed E-state index contributed by atoms with van der Waals surface area (Å²) in [4.78, 5) is 24.4. The lowest BCUT2D eigenvalue weighted by atomic mass is 9.99. The van der Waals surface area contributed by atoms with Crippen LogP contribution >= 0.6 is 0 Å². The summed E-state index contributed by atoms with van der Waals surface area (Å²) < 4.78 is 0. The van der Waals surface area contributed by atoms with Gasteiger partial charge in [-0.2, -0.15) is 5.26 Å². The Labute approximate surface area is 92.4 Å². The zero-order valence-corrected chi connectivity index (χ0v) is 9.13. The number of pyridine rings is 1. The van der Waals surface area contributed by atoms with Crippen molar-refractivity contribution in [2.24, 2.45) is 0 Å². The number of carboxylic acids is 1. The van der Waals surface area contributed by atoms with Gasteiger partial charge < -0.3 is 10.1 Å². The first-order valence-electron chi connectivity index (χ1n) is 4.81. The average Bonchev–Trinajstić information content (AvgIpc) is 2.16. The van der Waals surface area contributed by atoms with Crippen LogP contribution in [0.2, 0.25) is 0 Å². The van der Waals surface area contributed by atoms with Crippen molar-refractivity contribution in [2.75, 3.05) is 0 Å². The maximum absolute atomic E-state index is 11.4. The molecule has 0 aliphatic carbocycles. The molecule has 0 radical (unpaired) electrons. The maximum Gasteiger partial charge on any atom is 0.303 e. The Balaban J connectivity index is 3.24. The molecule has 2 N–H and O–H groups in total. The predicted molar refractivity (Wildman–Crippen MR) is 57.2 cm³/mol. The topological polar surface area (TPSA) is 94.0 Å². The summed E-state index contributed by atoms with van der Waals surface area (Å²) in [5, 5.41) is 17.4. The Morgan fingerprint density at radius 2 is 2.12 bits per heavy atom. The normalized spacial score (nSPS) is 9.81. The number of carbonyl (C=O) groups is 1. The number of aryl methyl sites for hydroxylation is 1. The monoisotopic (exact) mass is 220 g/mol. The molecule has 0 aliphatic heterocycles. The lowest BCUT2D eigenvalue weighted by molar-refractivity contribution is -0.136. The zero-order chi connectivity index (χ0) is 12.3. The van der Waals surface area contributed by atoms with Crippen molar-refractivity contribution >= 4 is 5.97 Å². The highest BCUT2D eigenvalue weighted by molar-refractivity contribution is 5.67. The van der Waals surface area contributed by atoms with Gasteiger partial charge in [-0.05, 0) is 31.4 Å². The van der Waals surface area contributed by atoms with Crippen molar-refractivity contribution in [1.82, 2.24) is 4.98 Å². The van der Waals surface area contributed by atoms with Crippen LogP contribution in [0.1, 0.15) is 28.8 Å². The van der Waals surface area contributed by atoms with Crippen molar-refractivity contribution in [1.29, 1.82) is 5.26 Å². The summed E-state index contributed by atoms with van der Waals surface area (Å²) in [5.41, 5.74) is 1.58. The van der Waals surface area contributed by atoms with E-state index in [9.17, 15) is 9.59 Å². The lowest BCUT2D eigenvalue weighted by Gasteiger charge is -2.09. The van der Waals surface area contributed by atoms with Crippen LogP contribution in [0, 0.1) is 25.2 Å². The van der Waals surface area contributed by atoms with E-state index < -0.39 is 11.5 Å². The second-order valence-electron chi connectivity index (χ2n) is 3.56. The third-order valence-corrected chi connectivity index (χ3v) is 2.51. The number of nitrogens with one attached hydrogen (secondary N) is 1. The molecular weight excluding hydrogens is 208 g/mol. The molecule has 5 heteroatoms. The minimum absolute atomic E-state index is 0.0153. The predicted octanol–water partition coefficient (Wildman–Crippen LogP) is 0.881. The number of H-pyrrole nitrogens is 1. The molecule has 1 aromatic heterocycles. The van der Waals surface area contributed by atoms with E-state index in [0.717, 1.165) is 5.56 Å². The maximum atomic E-state index is 11.4. The molecule has 1 aromatic rings. The molecule has 0 saturated heterocycles. The molecule has 1 heterocycles. The van der Waals surface area contributed by atoms with Crippen LogP contribution in [0.15, 0.2) is 4.79 Å². The SMILES string of the molecule is Cc1[nH]c(=O)c(C#N)c(C)c1CCC(=O)O. The van der Waals surface area contributed by atoms with Crippen LogP contribution in [0.3, 0.4) is 0 Å². The molecular formula is C11H12N2O3. The smallest absolute Gasteiger partial charge is 0.303 e. The molecule has 0 fully saturated rings. The Hall–Kier alpha value is -2.09. The van der Waals surface area contributed by atoms with Crippen LogP contribution in [-0.2, 0) is 11.2 Å². The van der Waals surface area contributed by atoms with E-state index >= 15 is 0 Å². The van der Waals surface area contributed by atoms with E-state index in [1.807, 2.05) is 6.07 Å². The molecule has 0 amide bonds. The van der Waals surface area contributed by atoms with Gasteiger partial charge in [0, 0.05) is 12.1 Å². The van der Waals surface area contributed by atoms with E-state index in [1.165, 1.54) is 0 Å². The van der Waals surface area contributed by atoms with Gasteiger partial charge in [0.05, 0.1) is 0 Å². The van der Waals surface area contributed by atoms with Crippen LogP contribution in [-0.4, -0.2) is 16.1 Å². The molecule has 0 spiro atoms. The molecule has 0 saturated carbocycles. The van der Waals surface area contributed by atoms with Gasteiger partial charge in [0.15, 0.2) is 0 Å². The van der Waals surface area contributed by atoms with Gasteiger partial charge in [-0.25, -0.2) is 0 Å². The average molecular weight is 220 g/mol. The van der Waals surface area contributed by atoms with Gasteiger partial charge in [0.1, 0.15) is 11.6 Å². The summed E-state index contributed by atoms with van der Waals surface area (Å²) in [7, 11) is 0. The van der Waals surface area contributed by atoms with Gasteiger partial charge in [-0.1, -0.05) is 0 Å². The summed E-state index contributed by atoms with van der Waals surface area (Å²) in [6.45, 7) is 3.37. The second kappa shape index (κ2) is 4.62. The largest absolute Gasteiger partial charge is 0.481 e. The first-order valence-corrected chi connectivity index (χ1v) is 4.81. The molecule has 0 bridgehead atoms. The molecule has 1 rings (SSSR count). The standard InChI is InChI=1S/C11H12N2O3/c1-6-8(3-4-10(14)15)7(2)13-11(16)9(6)5-12/h3-4H2,1-2H3,(H,13,16)(H,14,15). The van der Waals surface area contributed by atoms with Gasteiger partial charge in [-0.3, -0.25) is 9.59 Å². The Kier molecular flexibility index (Phi) is 3.46. The van der Waals surface area contributed by atoms with Gasteiger partial charge >= 0.3 is 5.97 Å². The second-order valence-corrected chi connectivity index (χ2v) is 3.56. The third kappa shape index (κ3) is 2.28. The van der Waals surface area contributed by atoms with E-state index in [0.29, 0.717) is 17.7 Å². The quantitative estimate of drug-likeness (QED) is 0.790. The van der Waals surface area contributed by atoms with Crippen LogP contribution in [0.4, 0.5) is 0 Å². The summed E-state index contributed by atoms with van der Waals surface area (Å²) in [5.74, 6) is -0.900. The minimum atomic E-state index is -0.900. The van der Waals surface area contributed by atoms with Crippen molar-refractivity contribution in [3.8, 4) is 6.07 Å². The van der Waals surface area contributed by atoms with Gasteiger partial charge in [0.25, 0.3) is 5.56 Å². The van der Waals surface area contributed by atoms with Crippen LogP contribution < -0.4 is 5.56 Å². The van der Waals surface area contributed by atoms with Crippen LogP contribution in [0.5, 0.6) is 0 Å². The molecule has 0 aromatic carbocycles. The number of carboxylic acid groups (broad SMARTS) is 1. The molecule has 5 nitrogen and oxygen atoms in total. The number of rotatable bonds is 3. The first-order chi connectivity index (χ1) is 7.47. The number of aliphatic carboxylic acids is 1. The highest BCUT2D eigenvalue weighted by atomic mass is 16.4. The third-order valence-electron chi connectivity index (χ3n) is 2.51. The van der Waals surface area contributed by atoms with Crippen molar-refractivity contribution in [3.05, 3.63) is 32.7 Å². The summed E-state index contributed by atoms with van der Waals surface area (Å²) in [6.07, 6.45) is 0.303. The summed E-state index contributed by atoms with van der Waals surface area (Å²) in [6, 6.07) is 1.83. The van der Waals surface area contributed by atoms with E-state index in [2.05, 4.69) is 4.98 Å². The molecule has 0 unspecified atom stereocenters. The summed E-state index contributed by atoms with van der Waals surface area (Å²) >= 11 is 0. The highest BCUT2D eigenvalue weighted by Crippen LogP contribution is 2.14. The Morgan fingerprint density at radius 1 is 1.50 bits per heavy atom. The van der Waals surface area contributed by atoms with E-state index in [1.54, 1.807) is 13.8 Å². The first kappa shape index (κ1) is 12.0. The van der Waals surface area contributed by atoms with Gasteiger partial charge in [-0.15, -0.1) is 0 Å². The fraction of sp³-hybridized carbons (Fsp3) is 0.364. The van der Waals surface area contributed by atoms with E-state index in [-0.39, 0.29) is 12.0 Å². The zero-order valence-electron chi connectivity index (χ0n) is 9.13. The molecule has 84 valence electrons. The van der Waals surface area contributed by atoms with Gasteiger partial charge in [0.2, 0.25) is 0 Å². The van der Waals surface area contributed by atoms with E-state index in [4.69, 9.17) is 10.4 Å². The molecule has 0 atom stereocenters. The number of aromatic amines is 1. The number of nitriles is 1. The van der Waals surface area contributed by atoms with Crippen molar-refractivity contribution < 1.29 is 9.90 Å². The van der Waals surface area contributed by atoms with Crippen molar-refractivity contribution in [2.45, 2.75) is 26.7 Å². The Bertz CT molecular complexity index is 523. The number of nitrogens with zero attached hydrogens (tertiary/aromatic N) is 1.